The third kappa shape index (κ3) is 2.97. The molecule has 1 aromatic carbocycles. The largest absolute Gasteiger partial charge is 0.493 e. The SMILES string of the molecule is COc1cc(/C(C)=C\c2coc3nc(N)nc(N)c23)cc(OC)c1OC. The lowest BCUT2D eigenvalue weighted by molar-refractivity contribution is 0.324. The lowest BCUT2D eigenvalue weighted by Gasteiger charge is -2.14. The van der Waals surface area contributed by atoms with Crippen molar-refractivity contribution in [2.75, 3.05) is 32.8 Å². The molecule has 0 bridgehead atoms. The average Bonchev–Trinajstić information content (AvgIpc) is 3.02. The van der Waals surface area contributed by atoms with Crippen LogP contribution in [-0.2, 0) is 0 Å². The number of benzene rings is 1. The van der Waals surface area contributed by atoms with Crippen molar-refractivity contribution in [3.63, 3.8) is 0 Å². The first-order chi connectivity index (χ1) is 12.5. The van der Waals surface area contributed by atoms with Gasteiger partial charge in [-0.15, -0.1) is 0 Å². The summed E-state index contributed by atoms with van der Waals surface area (Å²) in [5.41, 5.74) is 14.5. The van der Waals surface area contributed by atoms with Crippen LogP contribution in [0.25, 0.3) is 22.7 Å². The Labute approximate surface area is 150 Å². The van der Waals surface area contributed by atoms with E-state index in [0.29, 0.717) is 28.3 Å². The molecule has 0 amide bonds. The lowest BCUT2D eigenvalue weighted by Crippen LogP contribution is -1.99. The number of allylic oxidation sites excluding steroid dienone is 1. The Balaban J connectivity index is 2.11. The van der Waals surface area contributed by atoms with Crippen LogP contribution >= 0.6 is 0 Å². The molecule has 0 spiro atoms. The fourth-order valence-corrected chi connectivity index (χ4v) is 2.74. The maximum atomic E-state index is 5.97. The monoisotopic (exact) mass is 356 g/mol. The Bertz CT molecular complexity index is 969. The van der Waals surface area contributed by atoms with E-state index in [1.807, 2.05) is 25.1 Å². The van der Waals surface area contributed by atoms with Gasteiger partial charge in [-0.2, -0.15) is 9.97 Å². The third-order valence-electron chi connectivity index (χ3n) is 4.00. The van der Waals surface area contributed by atoms with Gasteiger partial charge in [0.2, 0.25) is 17.4 Å². The molecule has 0 fully saturated rings. The summed E-state index contributed by atoms with van der Waals surface area (Å²) in [6.45, 7) is 1.95. The minimum atomic E-state index is 0.0706. The predicted molar refractivity (Wildman–Crippen MR) is 100 cm³/mol. The van der Waals surface area contributed by atoms with Gasteiger partial charge < -0.3 is 30.1 Å². The van der Waals surface area contributed by atoms with Crippen molar-refractivity contribution in [3.8, 4) is 17.2 Å². The van der Waals surface area contributed by atoms with E-state index in [0.717, 1.165) is 16.7 Å². The van der Waals surface area contributed by atoms with Gasteiger partial charge in [0.25, 0.3) is 0 Å². The number of anilines is 2. The molecule has 0 saturated heterocycles. The van der Waals surface area contributed by atoms with Crippen LogP contribution in [0.4, 0.5) is 11.8 Å². The van der Waals surface area contributed by atoms with E-state index in [1.165, 1.54) is 0 Å². The van der Waals surface area contributed by atoms with Crippen LogP contribution < -0.4 is 25.7 Å². The van der Waals surface area contributed by atoms with Gasteiger partial charge in [-0.25, -0.2) is 0 Å². The van der Waals surface area contributed by atoms with Gasteiger partial charge in [0, 0.05) is 5.56 Å². The van der Waals surface area contributed by atoms with Gasteiger partial charge in [0.05, 0.1) is 26.7 Å². The van der Waals surface area contributed by atoms with E-state index >= 15 is 0 Å². The number of methoxy groups -OCH3 is 3. The van der Waals surface area contributed by atoms with Gasteiger partial charge in [0.1, 0.15) is 12.1 Å². The minimum absolute atomic E-state index is 0.0706. The molecule has 2 aromatic heterocycles. The third-order valence-corrected chi connectivity index (χ3v) is 4.00. The summed E-state index contributed by atoms with van der Waals surface area (Å²) >= 11 is 0. The number of nitrogens with two attached hydrogens (primary N) is 2. The zero-order valence-corrected chi connectivity index (χ0v) is 15.0. The van der Waals surface area contributed by atoms with Crippen molar-refractivity contribution >= 4 is 34.5 Å². The first-order valence-electron chi connectivity index (χ1n) is 7.77. The Hall–Kier alpha value is -3.42. The van der Waals surface area contributed by atoms with Crippen LogP contribution in [0.15, 0.2) is 22.8 Å². The maximum Gasteiger partial charge on any atom is 0.233 e. The first kappa shape index (κ1) is 17.4. The zero-order valence-electron chi connectivity index (χ0n) is 15.0. The summed E-state index contributed by atoms with van der Waals surface area (Å²) in [4.78, 5) is 8.04. The van der Waals surface area contributed by atoms with Crippen LogP contribution in [0.3, 0.4) is 0 Å². The first-order valence-corrected chi connectivity index (χ1v) is 7.77. The number of rotatable bonds is 5. The number of hydrogen-bond donors (Lipinski definition) is 2. The number of nitrogens with zero attached hydrogens (tertiary/aromatic N) is 2. The van der Waals surface area contributed by atoms with E-state index in [2.05, 4.69) is 9.97 Å². The molecule has 0 unspecified atom stereocenters. The molecule has 0 radical (unpaired) electrons. The molecule has 0 atom stereocenters. The molecule has 0 aliphatic rings. The highest BCUT2D eigenvalue weighted by molar-refractivity contribution is 5.97. The Morgan fingerprint density at radius 1 is 1.04 bits per heavy atom. The highest BCUT2D eigenvalue weighted by Gasteiger charge is 2.15. The van der Waals surface area contributed by atoms with Gasteiger partial charge >= 0.3 is 0 Å². The van der Waals surface area contributed by atoms with Crippen LogP contribution in [0.1, 0.15) is 18.1 Å². The summed E-state index contributed by atoms with van der Waals surface area (Å²) < 4.78 is 21.6. The van der Waals surface area contributed by atoms with Crippen LogP contribution in [0.2, 0.25) is 0 Å². The van der Waals surface area contributed by atoms with E-state index in [9.17, 15) is 0 Å². The smallest absolute Gasteiger partial charge is 0.233 e. The van der Waals surface area contributed by atoms with Crippen molar-refractivity contribution in [1.29, 1.82) is 0 Å². The highest BCUT2D eigenvalue weighted by Crippen LogP contribution is 2.40. The topological polar surface area (TPSA) is 119 Å². The predicted octanol–water partition coefficient (Wildman–Crippen LogP) is 2.97. The van der Waals surface area contributed by atoms with Crippen molar-refractivity contribution in [2.45, 2.75) is 6.92 Å². The molecular weight excluding hydrogens is 336 g/mol. The number of furan rings is 1. The summed E-state index contributed by atoms with van der Waals surface area (Å²) in [5, 5.41) is 0.617. The van der Waals surface area contributed by atoms with E-state index in [4.69, 9.17) is 30.1 Å². The number of nitrogen functional groups attached to an aromatic ring is 2. The van der Waals surface area contributed by atoms with Crippen molar-refractivity contribution in [1.82, 2.24) is 9.97 Å². The Morgan fingerprint density at radius 3 is 2.27 bits per heavy atom. The molecule has 26 heavy (non-hydrogen) atoms. The van der Waals surface area contributed by atoms with Crippen LogP contribution in [0.5, 0.6) is 17.2 Å². The molecule has 3 aromatic rings. The highest BCUT2D eigenvalue weighted by atomic mass is 16.5. The lowest BCUT2D eigenvalue weighted by atomic mass is 10.0. The molecule has 8 heteroatoms. The van der Waals surface area contributed by atoms with Gasteiger partial charge in [-0.3, -0.25) is 0 Å². The number of aromatic nitrogens is 2. The summed E-state index contributed by atoms with van der Waals surface area (Å²) in [6, 6.07) is 3.74. The van der Waals surface area contributed by atoms with Gasteiger partial charge in [-0.05, 0) is 36.3 Å². The standard InChI is InChI=1S/C18H20N4O4/c1-9(10-6-12(23-2)15(25-4)13(7-10)24-3)5-11-8-26-17-14(11)16(19)21-18(20)22-17/h5-8H,1-4H3,(H4,19,20,21,22)/b9-5-. The van der Waals surface area contributed by atoms with E-state index in [1.54, 1.807) is 27.6 Å². The van der Waals surface area contributed by atoms with Crippen molar-refractivity contribution in [3.05, 3.63) is 29.5 Å². The second kappa shape index (κ2) is 6.83. The average molecular weight is 356 g/mol. The van der Waals surface area contributed by atoms with Crippen LogP contribution in [0, 0.1) is 0 Å². The maximum absolute atomic E-state index is 5.97. The Morgan fingerprint density at radius 2 is 1.69 bits per heavy atom. The number of ether oxygens (including phenoxy) is 3. The molecule has 0 aliphatic carbocycles. The van der Waals surface area contributed by atoms with Gasteiger partial charge in [-0.1, -0.05) is 0 Å². The van der Waals surface area contributed by atoms with Crippen molar-refractivity contribution < 1.29 is 18.6 Å². The van der Waals surface area contributed by atoms with E-state index in [-0.39, 0.29) is 11.8 Å². The molecule has 0 saturated carbocycles. The summed E-state index contributed by atoms with van der Waals surface area (Å²) in [6.07, 6.45) is 3.49. The van der Waals surface area contributed by atoms with Gasteiger partial charge in [0.15, 0.2) is 11.5 Å². The molecule has 0 aliphatic heterocycles. The molecule has 8 nitrogen and oxygen atoms in total. The molecule has 2 heterocycles. The normalized spacial score (nSPS) is 11.6. The molecule has 4 N–H and O–H groups in total. The fraction of sp³-hybridized carbons (Fsp3) is 0.222. The number of hydrogen-bond acceptors (Lipinski definition) is 8. The summed E-state index contributed by atoms with van der Waals surface area (Å²) in [7, 11) is 4.72. The van der Waals surface area contributed by atoms with E-state index < -0.39 is 0 Å². The number of fused-ring (bicyclic) bond motifs is 1. The second-order valence-corrected chi connectivity index (χ2v) is 5.58. The second-order valence-electron chi connectivity index (χ2n) is 5.58. The molecule has 136 valence electrons. The molecule has 3 rings (SSSR count). The summed E-state index contributed by atoms with van der Waals surface area (Å²) in [5.74, 6) is 2.02. The quantitative estimate of drug-likeness (QED) is 0.716. The fourth-order valence-electron chi connectivity index (χ4n) is 2.74. The molecular formula is C18H20N4O4. The van der Waals surface area contributed by atoms with Crippen LogP contribution in [-0.4, -0.2) is 31.3 Å². The minimum Gasteiger partial charge on any atom is -0.493 e. The Kier molecular flexibility index (Phi) is 4.57. The zero-order chi connectivity index (χ0) is 18.8. The van der Waals surface area contributed by atoms with Crippen molar-refractivity contribution in [2.24, 2.45) is 0 Å².